The molecule has 0 saturated heterocycles. The Morgan fingerprint density at radius 1 is 1.24 bits per heavy atom. The average molecular weight is 365 g/mol. The van der Waals surface area contributed by atoms with Gasteiger partial charge in [0.05, 0.1) is 11.0 Å². The summed E-state index contributed by atoms with van der Waals surface area (Å²) in [5.74, 6) is 0.110. The third kappa shape index (κ3) is 5.44. The van der Waals surface area contributed by atoms with Gasteiger partial charge in [-0.25, -0.2) is 0 Å². The second-order valence-electron chi connectivity index (χ2n) is 5.32. The van der Waals surface area contributed by atoms with Gasteiger partial charge >= 0.3 is 0 Å². The van der Waals surface area contributed by atoms with E-state index >= 15 is 0 Å². The molecule has 2 atom stereocenters. The Morgan fingerprint density at radius 2 is 1.84 bits per heavy atom. The molecule has 2 N–H and O–H groups in total. The molecule has 7 nitrogen and oxygen atoms in total. The minimum atomic E-state index is -0.979. The Kier molecular flexibility index (Phi) is 6.32. The van der Waals surface area contributed by atoms with E-state index in [0.29, 0.717) is 16.3 Å². The smallest absolute Gasteiger partial charge is 0.269 e. The van der Waals surface area contributed by atoms with Crippen LogP contribution in [-0.2, 0) is 4.79 Å². The number of rotatable bonds is 7. The maximum absolute atomic E-state index is 12.0. The van der Waals surface area contributed by atoms with Crippen molar-refractivity contribution in [2.45, 2.75) is 19.1 Å². The number of aliphatic hydroxyl groups is 1. The van der Waals surface area contributed by atoms with E-state index in [1.807, 2.05) is 0 Å². The number of amides is 1. The first kappa shape index (κ1) is 18.7. The molecule has 0 aliphatic rings. The van der Waals surface area contributed by atoms with Crippen LogP contribution in [0.2, 0.25) is 5.02 Å². The van der Waals surface area contributed by atoms with Crippen LogP contribution in [-0.4, -0.2) is 28.6 Å². The lowest BCUT2D eigenvalue weighted by Crippen LogP contribution is -2.38. The van der Waals surface area contributed by atoms with E-state index in [1.165, 1.54) is 24.3 Å². The van der Waals surface area contributed by atoms with Crippen molar-refractivity contribution in [1.82, 2.24) is 5.32 Å². The van der Waals surface area contributed by atoms with Crippen LogP contribution in [0.25, 0.3) is 0 Å². The van der Waals surface area contributed by atoms with Crippen LogP contribution in [0.3, 0.4) is 0 Å². The summed E-state index contributed by atoms with van der Waals surface area (Å²) in [7, 11) is 0. The molecule has 2 rings (SSSR count). The van der Waals surface area contributed by atoms with Crippen LogP contribution < -0.4 is 10.1 Å². The van der Waals surface area contributed by atoms with Crippen LogP contribution >= 0.6 is 11.6 Å². The molecule has 0 aliphatic heterocycles. The third-order valence-electron chi connectivity index (χ3n) is 3.45. The summed E-state index contributed by atoms with van der Waals surface area (Å²) < 4.78 is 5.48. The van der Waals surface area contributed by atoms with Gasteiger partial charge in [0.1, 0.15) is 5.75 Å². The quantitative estimate of drug-likeness (QED) is 0.581. The van der Waals surface area contributed by atoms with Crippen molar-refractivity contribution in [3.63, 3.8) is 0 Å². The van der Waals surface area contributed by atoms with Crippen LogP contribution in [0.4, 0.5) is 5.69 Å². The van der Waals surface area contributed by atoms with Crippen molar-refractivity contribution < 1.29 is 19.6 Å². The molecule has 0 bridgehead atoms. The van der Waals surface area contributed by atoms with Crippen LogP contribution in [0.5, 0.6) is 5.75 Å². The molecule has 2 aromatic carbocycles. The highest BCUT2D eigenvalue weighted by Gasteiger charge is 2.17. The molecule has 2 aromatic rings. The Bertz CT molecular complexity index is 734. The van der Waals surface area contributed by atoms with Gasteiger partial charge in [0.2, 0.25) is 0 Å². The van der Waals surface area contributed by atoms with E-state index in [9.17, 15) is 20.0 Å². The first-order chi connectivity index (χ1) is 11.9. The topological polar surface area (TPSA) is 102 Å². The lowest BCUT2D eigenvalue weighted by Gasteiger charge is -2.17. The summed E-state index contributed by atoms with van der Waals surface area (Å²) in [5.41, 5.74) is 0.405. The average Bonchev–Trinajstić information content (AvgIpc) is 2.61. The molecule has 0 spiro atoms. The Labute approximate surface area is 149 Å². The SMILES string of the molecule is C[C@@H](Oc1ccc(Cl)cc1)C(=O)NC[C@@H](O)c1ccc([N+](=O)[O-])cc1. The summed E-state index contributed by atoms with van der Waals surface area (Å²) in [6, 6.07) is 12.1. The predicted octanol–water partition coefficient (Wildman–Crippen LogP) is 2.87. The highest BCUT2D eigenvalue weighted by atomic mass is 35.5. The number of halogens is 1. The molecule has 0 aromatic heterocycles. The summed E-state index contributed by atoms with van der Waals surface area (Å²) >= 11 is 5.78. The second kappa shape index (κ2) is 8.46. The minimum absolute atomic E-state index is 0.0367. The van der Waals surface area contributed by atoms with Gasteiger partial charge in [0.15, 0.2) is 6.10 Å². The zero-order valence-electron chi connectivity index (χ0n) is 13.4. The van der Waals surface area contributed by atoms with E-state index in [1.54, 1.807) is 31.2 Å². The maximum Gasteiger partial charge on any atom is 0.269 e. The summed E-state index contributed by atoms with van der Waals surface area (Å²) in [5, 5.41) is 23.8. The van der Waals surface area contributed by atoms with E-state index in [2.05, 4.69) is 5.32 Å². The number of carbonyl (C=O) groups excluding carboxylic acids is 1. The summed E-state index contributed by atoms with van der Waals surface area (Å²) in [6.45, 7) is 1.55. The standard InChI is InChI=1S/C17H17ClN2O5/c1-11(25-15-8-4-13(18)5-9-15)17(22)19-10-16(21)12-2-6-14(7-3-12)20(23)24/h2-9,11,16,21H,10H2,1H3,(H,19,22)/t11-,16-/m1/s1. The Morgan fingerprint density at radius 3 is 2.40 bits per heavy atom. The number of hydrogen-bond acceptors (Lipinski definition) is 5. The maximum atomic E-state index is 12.0. The van der Waals surface area contributed by atoms with Crippen molar-refractivity contribution in [3.05, 3.63) is 69.2 Å². The fraction of sp³-hybridized carbons (Fsp3) is 0.235. The van der Waals surface area contributed by atoms with Crippen molar-refractivity contribution in [3.8, 4) is 5.75 Å². The van der Waals surface area contributed by atoms with Crippen LogP contribution in [0, 0.1) is 10.1 Å². The van der Waals surface area contributed by atoms with E-state index < -0.39 is 23.0 Å². The number of aliphatic hydroxyl groups excluding tert-OH is 1. The molecule has 0 aliphatic carbocycles. The number of nitrogens with one attached hydrogen (secondary N) is 1. The van der Waals surface area contributed by atoms with Crippen LogP contribution in [0.1, 0.15) is 18.6 Å². The molecule has 132 valence electrons. The third-order valence-corrected chi connectivity index (χ3v) is 3.71. The lowest BCUT2D eigenvalue weighted by atomic mass is 10.1. The monoisotopic (exact) mass is 364 g/mol. The number of nitrogens with zero attached hydrogens (tertiary/aromatic N) is 1. The molecule has 0 heterocycles. The number of benzene rings is 2. The fourth-order valence-corrected chi connectivity index (χ4v) is 2.17. The van der Waals surface area contributed by atoms with Gasteiger partial charge in [-0.05, 0) is 48.9 Å². The number of hydrogen-bond donors (Lipinski definition) is 2. The van der Waals surface area contributed by atoms with Gasteiger partial charge in [-0.2, -0.15) is 0 Å². The molecule has 1 amide bonds. The van der Waals surface area contributed by atoms with Crippen molar-refractivity contribution >= 4 is 23.2 Å². The Balaban J connectivity index is 1.85. The highest BCUT2D eigenvalue weighted by molar-refractivity contribution is 6.30. The predicted molar refractivity (Wildman–Crippen MR) is 92.6 cm³/mol. The summed E-state index contributed by atoms with van der Waals surface area (Å²) in [6.07, 6.45) is -1.74. The first-order valence-electron chi connectivity index (χ1n) is 7.49. The molecule has 0 unspecified atom stereocenters. The van der Waals surface area contributed by atoms with Gasteiger partial charge in [-0.15, -0.1) is 0 Å². The highest BCUT2D eigenvalue weighted by Crippen LogP contribution is 2.18. The number of non-ortho nitro benzene ring substituents is 1. The van der Waals surface area contributed by atoms with Crippen LogP contribution in [0.15, 0.2) is 48.5 Å². The zero-order valence-corrected chi connectivity index (χ0v) is 14.1. The summed E-state index contributed by atoms with van der Waals surface area (Å²) in [4.78, 5) is 22.1. The molecule has 0 radical (unpaired) electrons. The van der Waals surface area contributed by atoms with Gasteiger partial charge in [-0.3, -0.25) is 14.9 Å². The Hall–Kier alpha value is -2.64. The molecule has 0 fully saturated rings. The molecule has 0 saturated carbocycles. The van der Waals surface area contributed by atoms with Gasteiger partial charge in [0, 0.05) is 23.7 Å². The van der Waals surface area contributed by atoms with E-state index in [0.717, 1.165) is 0 Å². The zero-order chi connectivity index (χ0) is 18.4. The fourth-order valence-electron chi connectivity index (χ4n) is 2.05. The second-order valence-corrected chi connectivity index (χ2v) is 5.76. The van der Waals surface area contributed by atoms with E-state index in [4.69, 9.17) is 16.3 Å². The number of ether oxygens (including phenoxy) is 1. The van der Waals surface area contributed by atoms with Crippen molar-refractivity contribution in [1.29, 1.82) is 0 Å². The van der Waals surface area contributed by atoms with Crippen molar-refractivity contribution in [2.24, 2.45) is 0 Å². The van der Waals surface area contributed by atoms with Gasteiger partial charge in [-0.1, -0.05) is 11.6 Å². The minimum Gasteiger partial charge on any atom is -0.481 e. The number of nitro groups is 1. The number of nitro benzene ring substituents is 1. The molecular formula is C17H17ClN2O5. The largest absolute Gasteiger partial charge is 0.481 e. The molecule has 8 heteroatoms. The van der Waals surface area contributed by atoms with E-state index in [-0.39, 0.29) is 12.2 Å². The van der Waals surface area contributed by atoms with Gasteiger partial charge in [0.25, 0.3) is 11.6 Å². The molecule has 25 heavy (non-hydrogen) atoms. The van der Waals surface area contributed by atoms with Crippen molar-refractivity contribution in [2.75, 3.05) is 6.54 Å². The van der Waals surface area contributed by atoms with Gasteiger partial charge < -0.3 is 15.2 Å². The lowest BCUT2D eigenvalue weighted by molar-refractivity contribution is -0.384. The number of carbonyl (C=O) groups is 1. The normalized spacial score (nSPS) is 12.9. The molecular weight excluding hydrogens is 348 g/mol. The first-order valence-corrected chi connectivity index (χ1v) is 7.87.